The van der Waals surface area contributed by atoms with E-state index in [9.17, 15) is 23.5 Å². The molecule has 1 saturated carbocycles. The van der Waals surface area contributed by atoms with Crippen LogP contribution in [-0.2, 0) is 4.79 Å². The highest BCUT2D eigenvalue weighted by atomic mass is 19.3. The molecular weight excluding hydrogens is 678 g/mol. The van der Waals surface area contributed by atoms with Crippen molar-refractivity contribution in [3.05, 3.63) is 52.8 Å². The van der Waals surface area contributed by atoms with Crippen LogP contribution >= 0.6 is 0 Å². The number of hydrogen-bond donors (Lipinski definition) is 2. The highest BCUT2D eigenvalue weighted by Gasteiger charge is 2.40. The molecule has 53 heavy (non-hydrogen) atoms. The van der Waals surface area contributed by atoms with Crippen LogP contribution in [0.4, 0.5) is 25.2 Å². The lowest BCUT2D eigenvalue weighted by Crippen LogP contribution is -2.52. The van der Waals surface area contributed by atoms with Crippen molar-refractivity contribution in [3.63, 3.8) is 0 Å². The number of anilines is 2. The minimum absolute atomic E-state index is 0.0353. The van der Waals surface area contributed by atoms with Gasteiger partial charge in [-0.15, -0.1) is 5.10 Å². The number of carbonyl (C=O) groups excluding carboxylic acids is 1. The normalized spacial score (nSPS) is 21.1. The van der Waals surface area contributed by atoms with Crippen molar-refractivity contribution in [2.24, 2.45) is 17.3 Å². The van der Waals surface area contributed by atoms with Crippen LogP contribution in [0.2, 0.25) is 0 Å². The lowest BCUT2D eigenvalue weighted by Gasteiger charge is -2.46. The summed E-state index contributed by atoms with van der Waals surface area (Å²) in [6.07, 6.45) is 7.22. The summed E-state index contributed by atoms with van der Waals surface area (Å²) in [5, 5.41) is 23.3. The van der Waals surface area contributed by atoms with Crippen molar-refractivity contribution in [1.29, 1.82) is 0 Å². The first-order valence-electron chi connectivity index (χ1n) is 19.5. The molecule has 0 bridgehead atoms. The average Bonchev–Trinajstić information content (AvgIpc) is 3.17. The van der Waals surface area contributed by atoms with Crippen molar-refractivity contribution >= 4 is 34.4 Å². The van der Waals surface area contributed by atoms with E-state index in [0.717, 1.165) is 73.2 Å². The number of fused-ring (bicyclic) bond motifs is 1. The summed E-state index contributed by atoms with van der Waals surface area (Å²) in [4.78, 5) is 38.2. The Morgan fingerprint density at radius 2 is 1.57 bits per heavy atom. The Bertz CT molecular complexity index is 1780. The smallest absolute Gasteiger partial charge is 0.407 e. The number of alkyl halides is 2. The van der Waals surface area contributed by atoms with Crippen molar-refractivity contribution in [2.45, 2.75) is 84.6 Å². The molecule has 3 aliphatic heterocycles. The fourth-order valence-corrected chi connectivity index (χ4v) is 9.39. The molecule has 1 aliphatic carbocycles. The number of carboxylic acid groups (broad SMARTS) is 1. The van der Waals surface area contributed by atoms with E-state index >= 15 is 0 Å². The highest BCUT2D eigenvalue weighted by molar-refractivity contribution is 5.94. The molecule has 3 aromatic rings. The van der Waals surface area contributed by atoms with E-state index in [1.54, 1.807) is 17.9 Å². The van der Waals surface area contributed by atoms with Gasteiger partial charge in [0.1, 0.15) is 5.82 Å². The molecule has 7 rings (SSSR count). The van der Waals surface area contributed by atoms with Crippen LogP contribution in [0, 0.1) is 31.1 Å². The maximum absolute atomic E-state index is 13.7. The average molecular weight is 733 g/mol. The van der Waals surface area contributed by atoms with E-state index in [0.29, 0.717) is 62.0 Å². The Balaban J connectivity index is 0.899. The van der Waals surface area contributed by atoms with Gasteiger partial charge >= 0.3 is 6.09 Å². The van der Waals surface area contributed by atoms with E-state index in [1.807, 2.05) is 37.1 Å². The number of hydrogen-bond acceptors (Lipinski definition) is 8. The van der Waals surface area contributed by atoms with Gasteiger partial charge in [-0.05, 0) is 114 Å². The molecule has 13 heteroatoms. The summed E-state index contributed by atoms with van der Waals surface area (Å²) < 4.78 is 27.2. The number of nitrogens with zero attached hydrogens (tertiary/aromatic N) is 7. The van der Waals surface area contributed by atoms with Crippen molar-refractivity contribution in [3.8, 4) is 0 Å². The Morgan fingerprint density at radius 3 is 2.23 bits per heavy atom. The van der Waals surface area contributed by atoms with Gasteiger partial charge in [0.25, 0.3) is 6.43 Å². The summed E-state index contributed by atoms with van der Waals surface area (Å²) in [5.41, 5.74) is 2.50. The van der Waals surface area contributed by atoms with Crippen molar-refractivity contribution < 1.29 is 23.5 Å². The number of benzene rings is 1. The van der Waals surface area contributed by atoms with Gasteiger partial charge in [-0.3, -0.25) is 4.79 Å². The van der Waals surface area contributed by atoms with Gasteiger partial charge in [0.2, 0.25) is 5.91 Å². The SMILES string of the molecule is Cc1c(C(F)F)cccc1[C@@H](C)Nc1nnc(C)c2cnc(N3CCN(C(=O)C4CCN(CC5CCC6(CC5)CCN(C(=O)O)CC6)CC4)CC3)cc12. The van der Waals surface area contributed by atoms with Gasteiger partial charge in [-0.1, -0.05) is 18.2 Å². The predicted octanol–water partition coefficient (Wildman–Crippen LogP) is 7.06. The number of carbonyl (C=O) groups is 2. The third-order valence-corrected chi connectivity index (χ3v) is 12.9. The molecule has 3 saturated heterocycles. The molecule has 2 N–H and O–H groups in total. The molecule has 11 nitrogen and oxygen atoms in total. The van der Waals surface area contributed by atoms with Crippen LogP contribution in [0.1, 0.15) is 93.1 Å². The second-order valence-electron chi connectivity index (χ2n) is 16.1. The molecule has 2 aromatic heterocycles. The Kier molecular flexibility index (Phi) is 11.0. The van der Waals surface area contributed by atoms with Crippen LogP contribution in [0.15, 0.2) is 30.5 Å². The number of aryl methyl sites for hydroxylation is 1. The number of nitrogens with one attached hydrogen (secondary N) is 1. The number of piperazine rings is 1. The monoisotopic (exact) mass is 732 g/mol. The van der Waals surface area contributed by atoms with Gasteiger partial charge in [0.15, 0.2) is 5.82 Å². The first-order chi connectivity index (χ1) is 25.5. The number of rotatable bonds is 8. The summed E-state index contributed by atoms with van der Waals surface area (Å²) in [6.45, 7) is 12.7. The maximum atomic E-state index is 13.7. The zero-order valence-electron chi connectivity index (χ0n) is 31.4. The molecule has 2 amide bonds. The molecule has 1 spiro atoms. The lowest BCUT2D eigenvalue weighted by molar-refractivity contribution is -0.137. The molecule has 1 aromatic carbocycles. The number of halogens is 2. The van der Waals surface area contributed by atoms with Gasteiger partial charge in [0.05, 0.1) is 11.7 Å². The molecule has 0 unspecified atom stereocenters. The van der Waals surface area contributed by atoms with E-state index < -0.39 is 12.5 Å². The molecule has 4 fully saturated rings. The quantitative estimate of drug-likeness (QED) is 0.251. The first-order valence-corrected chi connectivity index (χ1v) is 19.5. The zero-order chi connectivity index (χ0) is 37.3. The van der Waals surface area contributed by atoms with Crippen LogP contribution < -0.4 is 10.2 Å². The number of amides is 2. The standard InChI is InChI=1S/C40H54F2N8O3/c1-26-31(5-4-6-32(26)36(41)42)27(2)44-37-33-23-35(43-24-34(33)28(3)45-46-37)48-19-21-49(22-20-48)38(51)30-9-15-47(16-10-30)25-29-7-11-40(12-8-29)13-17-50(18-14-40)39(52)53/h4-6,23-24,27,29-30,36H,7-22,25H2,1-3H3,(H,44,46)(H,52,53)/t27-/m1/s1. The molecule has 286 valence electrons. The van der Waals surface area contributed by atoms with Gasteiger partial charge in [-0.25, -0.2) is 18.6 Å². The molecule has 4 aliphatic rings. The summed E-state index contributed by atoms with van der Waals surface area (Å²) in [7, 11) is 0. The Morgan fingerprint density at radius 1 is 0.887 bits per heavy atom. The number of piperidine rings is 2. The third kappa shape index (κ3) is 8.05. The number of pyridine rings is 1. The Labute approximate surface area is 311 Å². The summed E-state index contributed by atoms with van der Waals surface area (Å²) >= 11 is 0. The second kappa shape index (κ2) is 15.7. The maximum Gasteiger partial charge on any atom is 0.407 e. The van der Waals surface area contributed by atoms with E-state index in [2.05, 4.69) is 25.3 Å². The fourth-order valence-electron chi connectivity index (χ4n) is 9.39. The number of likely N-dealkylation sites (tertiary alicyclic amines) is 2. The van der Waals surface area contributed by atoms with Gasteiger partial charge in [0, 0.05) is 74.3 Å². The summed E-state index contributed by atoms with van der Waals surface area (Å²) in [5.74, 6) is 2.45. The Hall–Kier alpha value is -4.13. The van der Waals surface area contributed by atoms with Crippen molar-refractivity contribution in [2.75, 3.05) is 69.1 Å². The molecular formula is C40H54F2N8O3. The third-order valence-electron chi connectivity index (χ3n) is 12.9. The van der Waals surface area contributed by atoms with Crippen molar-refractivity contribution in [1.82, 2.24) is 29.9 Å². The zero-order valence-corrected chi connectivity index (χ0v) is 31.4. The van der Waals surface area contributed by atoms with Crippen LogP contribution in [0.3, 0.4) is 0 Å². The van der Waals surface area contributed by atoms with Crippen LogP contribution in [0.5, 0.6) is 0 Å². The molecule has 5 heterocycles. The molecule has 1 atom stereocenters. The van der Waals surface area contributed by atoms with E-state index in [4.69, 9.17) is 4.98 Å². The largest absolute Gasteiger partial charge is 0.465 e. The fraction of sp³-hybridized carbons (Fsp3) is 0.625. The minimum atomic E-state index is -2.54. The van der Waals surface area contributed by atoms with E-state index in [-0.39, 0.29) is 23.4 Å². The topological polar surface area (TPSA) is 118 Å². The second-order valence-corrected chi connectivity index (χ2v) is 16.1. The van der Waals surface area contributed by atoms with Crippen LogP contribution in [-0.4, -0.2) is 106 Å². The molecule has 0 radical (unpaired) electrons. The summed E-state index contributed by atoms with van der Waals surface area (Å²) in [6, 6.07) is 6.75. The van der Waals surface area contributed by atoms with Crippen LogP contribution in [0.25, 0.3) is 10.8 Å². The van der Waals surface area contributed by atoms with Gasteiger partial charge in [-0.2, -0.15) is 5.10 Å². The number of aromatic nitrogens is 3. The first kappa shape index (κ1) is 37.2. The van der Waals surface area contributed by atoms with E-state index in [1.165, 1.54) is 31.7 Å². The highest BCUT2D eigenvalue weighted by Crippen LogP contribution is 2.46. The predicted molar refractivity (Wildman–Crippen MR) is 201 cm³/mol. The lowest BCUT2D eigenvalue weighted by atomic mass is 9.65. The minimum Gasteiger partial charge on any atom is -0.465 e. The van der Waals surface area contributed by atoms with Gasteiger partial charge < -0.3 is 30.0 Å².